The highest BCUT2D eigenvalue weighted by Gasteiger charge is 2.17. The van der Waals surface area contributed by atoms with Crippen molar-refractivity contribution < 1.29 is 15.0 Å². The second kappa shape index (κ2) is 44.2. The molecule has 0 aromatic heterocycles. The summed E-state index contributed by atoms with van der Waals surface area (Å²) in [4.78, 5) is 12.4. The zero-order valence-corrected chi connectivity index (χ0v) is 35.0. The molecule has 0 aromatic carbocycles. The topological polar surface area (TPSA) is 69.6 Å². The van der Waals surface area contributed by atoms with Gasteiger partial charge in [0.05, 0.1) is 18.8 Å². The lowest BCUT2D eigenvalue weighted by molar-refractivity contribution is -0.123. The molecule has 0 aliphatic rings. The van der Waals surface area contributed by atoms with E-state index in [9.17, 15) is 15.0 Å². The van der Waals surface area contributed by atoms with Crippen molar-refractivity contribution in [2.75, 3.05) is 6.61 Å². The first kappa shape index (κ1) is 50.8. The molecule has 4 nitrogen and oxygen atoms in total. The van der Waals surface area contributed by atoms with E-state index >= 15 is 0 Å². The van der Waals surface area contributed by atoms with Crippen LogP contribution in [-0.2, 0) is 4.79 Å². The summed E-state index contributed by atoms with van der Waals surface area (Å²) in [6, 6.07) is -0.644. The largest absolute Gasteiger partial charge is 0.394 e. The number of amides is 1. The van der Waals surface area contributed by atoms with Gasteiger partial charge in [0.1, 0.15) is 0 Å². The molecule has 0 aliphatic carbocycles. The summed E-state index contributed by atoms with van der Waals surface area (Å²) < 4.78 is 0. The average Bonchev–Trinajstić information content (AvgIpc) is 3.16. The molecule has 0 aliphatic heterocycles. The monoisotopic (exact) mass is 738 g/mol. The first-order chi connectivity index (χ1) is 26.2. The van der Waals surface area contributed by atoms with Crippen molar-refractivity contribution in [3.63, 3.8) is 0 Å². The van der Waals surface area contributed by atoms with Gasteiger partial charge in [-0.2, -0.15) is 0 Å². The van der Waals surface area contributed by atoms with E-state index in [1.165, 1.54) is 122 Å². The summed E-state index contributed by atoms with van der Waals surface area (Å²) in [5.74, 6) is -0.0968. The minimum Gasteiger partial charge on any atom is -0.394 e. The number of aliphatic hydroxyl groups is 2. The third-order valence-corrected chi connectivity index (χ3v) is 9.95. The fourth-order valence-corrected chi connectivity index (χ4v) is 6.50. The Morgan fingerprint density at radius 2 is 0.830 bits per heavy atom. The van der Waals surface area contributed by atoms with E-state index in [2.05, 4.69) is 79.9 Å². The molecule has 0 aromatic rings. The van der Waals surface area contributed by atoms with Gasteiger partial charge in [0.15, 0.2) is 0 Å². The highest BCUT2D eigenvalue weighted by Crippen LogP contribution is 2.15. The van der Waals surface area contributed by atoms with Gasteiger partial charge in [-0.1, -0.05) is 215 Å². The Bertz CT molecular complexity index is 930. The van der Waals surface area contributed by atoms with Crippen LogP contribution in [0.4, 0.5) is 0 Å². The van der Waals surface area contributed by atoms with Crippen molar-refractivity contribution in [2.24, 2.45) is 0 Å². The number of hydrogen-bond donors (Lipinski definition) is 3. The minimum absolute atomic E-state index is 0.0968. The molecular formula is C49H87NO3. The second-order valence-electron chi connectivity index (χ2n) is 15.1. The van der Waals surface area contributed by atoms with Crippen LogP contribution in [0.25, 0.3) is 0 Å². The summed E-state index contributed by atoms with van der Waals surface area (Å²) in [5, 5.41) is 23.0. The minimum atomic E-state index is -0.857. The van der Waals surface area contributed by atoms with Crippen molar-refractivity contribution in [3.05, 3.63) is 72.9 Å². The van der Waals surface area contributed by atoms with Crippen molar-refractivity contribution in [1.82, 2.24) is 5.32 Å². The number of nitrogens with one attached hydrogen (secondary N) is 1. The SMILES string of the molecule is CC/C=C\C/C=C\C/C=C\C/C=C\C/C=C\CCCCCC(=O)NC(CO)C(O)/C=C/CCCCCCCCCCCCCCCCCCCCCC. The number of unbranched alkanes of at least 4 members (excludes halogenated alkanes) is 23. The molecule has 0 heterocycles. The lowest BCUT2D eigenvalue weighted by Gasteiger charge is -2.19. The molecule has 306 valence electrons. The first-order valence-corrected chi connectivity index (χ1v) is 22.7. The Balaban J connectivity index is 3.64. The third-order valence-electron chi connectivity index (χ3n) is 9.95. The Hall–Kier alpha value is -2.17. The molecule has 0 saturated heterocycles. The molecule has 0 bridgehead atoms. The van der Waals surface area contributed by atoms with Crippen LogP contribution >= 0.6 is 0 Å². The lowest BCUT2D eigenvalue weighted by atomic mass is 10.0. The maximum atomic E-state index is 12.4. The predicted octanol–water partition coefficient (Wildman–Crippen LogP) is 14.3. The van der Waals surface area contributed by atoms with E-state index < -0.39 is 12.1 Å². The molecule has 0 radical (unpaired) electrons. The van der Waals surface area contributed by atoms with Gasteiger partial charge in [-0.3, -0.25) is 4.79 Å². The van der Waals surface area contributed by atoms with Gasteiger partial charge >= 0.3 is 0 Å². The molecule has 2 atom stereocenters. The normalized spacial score (nSPS) is 13.7. The predicted molar refractivity (Wildman–Crippen MR) is 234 cm³/mol. The molecule has 0 fully saturated rings. The zero-order valence-electron chi connectivity index (χ0n) is 35.0. The summed E-state index contributed by atoms with van der Waals surface area (Å²) in [7, 11) is 0. The van der Waals surface area contributed by atoms with Crippen LogP contribution in [0, 0.1) is 0 Å². The number of aliphatic hydroxyl groups excluding tert-OH is 2. The molecular weight excluding hydrogens is 651 g/mol. The van der Waals surface area contributed by atoms with Crippen LogP contribution in [0.5, 0.6) is 0 Å². The quantitative estimate of drug-likeness (QED) is 0.0433. The highest BCUT2D eigenvalue weighted by molar-refractivity contribution is 5.76. The summed E-state index contributed by atoms with van der Waals surface area (Å²) >= 11 is 0. The highest BCUT2D eigenvalue weighted by atomic mass is 16.3. The lowest BCUT2D eigenvalue weighted by Crippen LogP contribution is -2.45. The Kier molecular flexibility index (Phi) is 42.4. The van der Waals surface area contributed by atoms with E-state index in [1.54, 1.807) is 6.08 Å². The number of allylic oxidation sites excluding steroid dienone is 11. The van der Waals surface area contributed by atoms with E-state index in [1.807, 2.05) is 6.08 Å². The van der Waals surface area contributed by atoms with Gasteiger partial charge in [-0.05, 0) is 64.2 Å². The van der Waals surface area contributed by atoms with Gasteiger partial charge in [0.2, 0.25) is 5.91 Å². The Morgan fingerprint density at radius 1 is 0.472 bits per heavy atom. The second-order valence-corrected chi connectivity index (χ2v) is 15.1. The maximum Gasteiger partial charge on any atom is 0.220 e. The standard InChI is InChI=1S/C49H87NO3/c1-3-5-7-9-11-13-15-17-19-21-23-24-25-27-28-30-32-34-36-38-40-42-44-48(52)47(46-51)50-49(53)45-43-41-39-37-35-33-31-29-26-22-20-18-16-14-12-10-8-6-4-2/h6,8,12,14,18,20,26,29,33,35,42,44,47-48,51-52H,3-5,7,9-11,13,15-17,19,21-25,27-28,30-32,34,36-41,43,45-46H2,1-2H3,(H,50,53)/b8-6-,14-12-,20-18-,29-26-,35-33-,44-42+. The fraction of sp³-hybridized carbons (Fsp3) is 0.735. The van der Waals surface area contributed by atoms with Crippen molar-refractivity contribution >= 4 is 5.91 Å². The smallest absolute Gasteiger partial charge is 0.220 e. The Labute approximate surface area is 329 Å². The van der Waals surface area contributed by atoms with Gasteiger partial charge in [-0.15, -0.1) is 0 Å². The molecule has 0 saturated carbocycles. The number of hydrogen-bond acceptors (Lipinski definition) is 3. The number of carbonyl (C=O) groups is 1. The van der Waals surface area contributed by atoms with Gasteiger partial charge in [-0.25, -0.2) is 0 Å². The number of rotatable bonds is 40. The third kappa shape index (κ3) is 40.8. The van der Waals surface area contributed by atoms with E-state index in [-0.39, 0.29) is 12.5 Å². The van der Waals surface area contributed by atoms with Crippen molar-refractivity contribution in [1.29, 1.82) is 0 Å². The van der Waals surface area contributed by atoms with Crippen molar-refractivity contribution in [3.8, 4) is 0 Å². The number of carbonyl (C=O) groups excluding carboxylic acids is 1. The van der Waals surface area contributed by atoms with Crippen LogP contribution < -0.4 is 5.32 Å². The molecule has 3 N–H and O–H groups in total. The fourth-order valence-electron chi connectivity index (χ4n) is 6.50. The van der Waals surface area contributed by atoms with E-state index in [0.29, 0.717) is 6.42 Å². The van der Waals surface area contributed by atoms with E-state index in [4.69, 9.17) is 0 Å². The van der Waals surface area contributed by atoms with Crippen LogP contribution in [0.3, 0.4) is 0 Å². The summed E-state index contributed by atoms with van der Waals surface area (Å²) in [6.07, 6.45) is 63.0. The molecule has 1 amide bonds. The van der Waals surface area contributed by atoms with Gasteiger partial charge in [0, 0.05) is 6.42 Å². The molecule has 0 rings (SSSR count). The Morgan fingerprint density at radius 3 is 1.25 bits per heavy atom. The zero-order chi connectivity index (χ0) is 38.6. The van der Waals surface area contributed by atoms with Crippen LogP contribution in [0.15, 0.2) is 72.9 Å². The molecule has 4 heteroatoms. The summed E-state index contributed by atoms with van der Waals surface area (Å²) in [5.41, 5.74) is 0. The van der Waals surface area contributed by atoms with Crippen LogP contribution in [-0.4, -0.2) is 34.9 Å². The molecule has 2 unspecified atom stereocenters. The van der Waals surface area contributed by atoms with E-state index in [0.717, 1.165) is 70.6 Å². The maximum absolute atomic E-state index is 12.4. The average molecular weight is 738 g/mol. The van der Waals surface area contributed by atoms with Crippen LogP contribution in [0.2, 0.25) is 0 Å². The van der Waals surface area contributed by atoms with Crippen LogP contribution in [0.1, 0.15) is 213 Å². The first-order valence-electron chi connectivity index (χ1n) is 22.7. The molecule has 53 heavy (non-hydrogen) atoms. The summed E-state index contributed by atoms with van der Waals surface area (Å²) in [6.45, 7) is 4.18. The molecule has 0 spiro atoms. The van der Waals surface area contributed by atoms with Gasteiger partial charge in [0.25, 0.3) is 0 Å². The van der Waals surface area contributed by atoms with Crippen molar-refractivity contribution in [2.45, 2.75) is 225 Å². The van der Waals surface area contributed by atoms with Gasteiger partial charge < -0.3 is 15.5 Å².